The van der Waals surface area contributed by atoms with Crippen LogP contribution < -0.4 is 5.32 Å². The first kappa shape index (κ1) is 29.9. The highest BCUT2D eigenvalue weighted by molar-refractivity contribution is 6.03. The van der Waals surface area contributed by atoms with E-state index in [-0.39, 0.29) is 25.1 Å². The van der Waals surface area contributed by atoms with Gasteiger partial charge >= 0.3 is 0 Å². The summed E-state index contributed by atoms with van der Waals surface area (Å²) < 4.78 is 0. The Labute approximate surface area is 206 Å². The molecule has 1 aliphatic heterocycles. The fourth-order valence-electron chi connectivity index (χ4n) is 5.05. The minimum Gasteiger partial charge on any atom is -0.315 e. The number of hydrogen-bond acceptors (Lipinski definition) is 3. The first-order valence-corrected chi connectivity index (χ1v) is 14.3. The van der Waals surface area contributed by atoms with Crippen LogP contribution in [0.15, 0.2) is 11.6 Å². The second kappa shape index (κ2) is 19.2. The molecule has 1 rings (SSSR count). The van der Waals surface area contributed by atoms with Crippen LogP contribution in [0.4, 0.5) is 0 Å². The van der Waals surface area contributed by atoms with E-state index >= 15 is 0 Å². The molecule has 2 amide bonds. The number of allylic oxidation sites excluding steroid dienone is 2. The van der Waals surface area contributed by atoms with Gasteiger partial charge in [0, 0.05) is 20.9 Å². The molecule has 1 N–H and O–H groups in total. The van der Waals surface area contributed by atoms with Crippen LogP contribution in [0, 0.1) is 11.8 Å². The van der Waals surface area contributed by atoms with Gasteiger partial charge in [0.2, 0.25) is 11.8 Å². The predicted molar refractivity (Wildman–Crippen MR) is 143 cm³/mol. The quantitative estimate of drug-likeness (QED) is 0.108. The lowest BCUT2D eigenvalue weighted by Gasteiger charge is -2.24. The molecule has 0 aromatic rings. The third kappa shape index (κ3) is 12.2. The number of rotatable bonds is 21. The van der Waals surface area contributed by atoms with Gasteiger partial charge in [-0.25, -0.2) is 0 Å². The van der Waals surface area contributed by atoms with Crippen molar-refractivity contribution in [3.05, 3.63) is 11.6 Å². The van der Waals surface area contributed by atoms with Crippen molar-refractivity contribution in [3.63, 3.8) is 0 Å². The van der Waals surface area contributed by atoms with Crippen molar-refractivity contribution in [2.75, 3.05) is 19.6 Å². The summed E-state index contributed by atoms with van der Waals surface area (Å²) in [5.41, 5.74) is 1.34. The largest absolute Gasteiger partial charge is 0.315 e. The van der Waals surface area contributed by atoms with Crippen molar-refractivity contribution in [1.29, 1.82) is 0 Å². The molecule has 0 saturated carbocycles. The molecule has 4 heteroatoms. The van der Waals surface area contributed by atoms with Crippen LogP contribution in [0.1, 0.15) is 132 Å². The lowest BCUT2D eigenvalue weighted by Crippen LogP contribution is -2.38. The number of nitrogens with one attached hydrogen (secondary N) is 1. The van der Waals surface area contributed by atoms with Crippen LogP contribution in [0.2, 0.25) is 0 Å². The van der Waals surface area contributed by atoms with E-state index < -0.39 is 0 Å². The minimum atomic E-state index is -0.153. The Morgan fingerprint density at radius 3 is 2.15 bits per heavy atom. The van der Waals surface area contributed by atoms with E-state index in [2.05, 4.69) is 39.1 Å². The van der Waals surface area contributed by atoms with Crippen LogP contribution >= 0.6 is 0 Å². The molecule has 0 aliphatic carbocycles. The summed E-state index contributed by atoms with van der Waals surface area (Å²) >= 11 is 0. The Morgan fingerprint density at radius 1 is 0.909 bits per heavy atom. The minimum absolute atomic E-state index is 0. The Hall–Kier alpha value is -1.16. The highest BCUT2D eigenvalue weighted by atomic mass is 16.2. The Kier molecular flexibility index (Phi) is 17.4. The summed E-state index contributed by atoms with van der Waals surface area (Å²) in [6, 6.07) is 0. The molecule has 1 aliphatic rings. The van der Waals surface area contributed by atoms with Gasteiger partial charge in [-0.05, 0) is 45.1 Å². The van der Waals surface area contributed by atoms with E-state index in [1.807, 2.05) is 0 Å². The van der Waals surface area contributed by atoms with Crippen molar-refractivity contribution in [3.8, 4) is 0 Å². The molecular weight excluding hydrogens is 408 g/mol. The van der Waals surface area contributed by atoms with Gasteiger partial charge in [0.1, 0.15) is 0 Å². The molecule has 0 spiro atoms. The lowest BCUT2D eigenvalue weighted by molar-refractivity contribution is -0.139. The summed E-state index contributed by atoms with van der Waals surface area (Å²) in [5, 5.41) is 3.32. The molecule has 1 fully saturated rings. The molecule has 1 heterocycles. The molecule has 0 bridgehead atoms. The topological polar surface area (TPSA) is 49.4 Å². The van der Waals surface area contributed by atoms with E-state index in [1.54, 1.807) is 0 Å². The van der Waals surface area contributed by atoms with E-state index in [9.17, 15) is 9.59 Å². The van der Waals surface area contributed by atoms with E-state index in [0.717, 1.165) is 32.2 Å². The summed E-state index contributed by atoms with van der Waals surface area (Å²) in [5.74, 6) is 0.170. The second-order valence-corrected chi connectivity index (χ2v) is 10.1. The monoisotopic (exact) mass is 464 g/mol. The SMILES string of the molecule is CCCCCCC/C=C(\C)C(CCCCCCCCC)C1CC(=O)N(CCNCCC)C1=O.[HH]. The van der Waals surface area contributed by atoms with Gasteiger partial charge < -0.3 is 5.32 Å². The Balaban J connectivity index is 0.0000109. The predicted octanol–water partition coefficient (Wildman–Crippen LogP) is 7.67. The second-order valence-electron chi connectivity index (χ2n) is 10.1. The van der Waals surface area contributed by atoms with Crippen LogP contribution in [0.25, 0.3) is 0 Å². The van der Waals surface area contributed by atoms with Gasteiger partial charge in [-0.15, -0.1) is 0 Å². The average Bonchev–Trinajstić information content (AvgIpc) is 3.08. The van der Waals surface area contributed by atoms with Gasteiger partial charge in [-0.2, -0.15) is 0 Å². The summed E-state index contributed by atoms with van der Waals surface area (Å²) in [6.07, 6.45) is 21.4. The molecule has 4 nitrogen and oxygen atoms in total. The summed E-state index contributed by atoms with van der Waals surface area (Å²) in [6.45, 7) is 11.0. The fraction of sp³-hybridized carbons (Fsp3) is 0.862. The van der Waals surface area contributed by atoms with Crippen molar-refractivity contribution in [2.24, 2.45) is 11.8 Å². The molecule has 0 aromatic heterocycles. The number of carbonyl (C=O) groups excluding carboxylic acids is 2. The fourth-order valence-corrected chi connectivity index (χ4v) is 5.05. The number of carbonyl (C=O) groups is 2. The van der Waals surface area contributed by atoms with Crippen molar-refractivity contribution >= 4 is 11.8 Å². The maximum atomic E-state index is 13.2. The molecule has 2 atom stereocenters. The molecule has 33 heavy (non-hydrogen) atoms. The molecule has 1 saturated heterocycles. The van der Waals surface area contributed by atoms with Gasteiger partial charge in [0.05, 0.1) is 5.92 Å². The number of amides is 2. The van der Waals surface area contributed by atoms with E-state index in [1.165, 1.54) is 81.1 Å². The number of nitrogens with zero attached hydrogens (tertiary/aromatic N) is 1. The first-order valence-electron chi connectivity index (χ1n) is 14.3. The maximum Gasteiger partial charge on any atom is 0.233 e. The highest BCUT2D eigenvalue weighted by Gasteiger charge is 2.42. The number of unbranched alkanes of at least 4 members (excludes halogenated alkanes) is 11. The average molecular weight is 465 g/mol. The Morgan fingerprint density at radius 2 is 1.52 bits per heavy atom. The van der Waals surface area contributed by atoms with E-state index in [0.29, 0.717) is 19.5 Å². The maximum absolute atomic E-state index is 13.2. The van der Waals surface area contributed by atoms with Gasteiger partial charge in [-0.1, -0.05) is 103 Å². The molecule has 194 valence electrons. The third-order valence-corrected chi connectivity index (χ3v) is 7.18. The molecule has 0 radical (unpaired) electrons. The van der Waals surface area contributed by atoms with Crippen LogP contribution in [0.3, 0.4) is 0 Å². The molecule has 2 unspecified atom stereocenters. The third-order valence-electron chi connectivity index (χ3n) is 7.18. The number of likely N-dealkylation sites (tertiary alicyclic amines) is 1. The van der Waals surface area contributed by atoms with Gasteiger partial charge in [0.25, 0.3) is 0 Å². The van der Waals surface area contributed by atoms with Gasteiger partial charge in [-0.3, -0.25) is 14.5 Å². The smallest absolute Gasteiger partial charge is 0.233 e. The number of hydrogen-bond donors (Lipinski definition) is 1. The van der Waals surface area contributed by atoms with Crippen molar-refractivity contribution in [2.45, 2.75) is 130 Å². The lowest BCUT2D eigenvalue weighted by atomic mass is 9.81. The zero-order valence-electron chi connectivity index (χ0n) is 22.4. The first-order chi connectivity index (χ1) is 16.1. The van der Waals surface area contributed by atoms with Crippen LogP contribution in [0.5, 0.6) is 0 Å². The zero-order valence-corrected chi connectivity index (χ0v) is 22.4. The van der Waals surface area contributed by atoms with E-state index in [4.69, 9.17) is 0 Å². The summed E-state index contributed by atoms with van der Waals surface area (Å²) in [7, 11) is 0. The molecular formula is C29H56N2O2. The highest BCUT2D eigenvalue weighted by Crippen LogP contribution is 2.35. The van der Waals surface area contributed by atoms with Crippen molar-refractivity contribution < 1.29 is 11.0 Å². The molecule has 0 aromatic carbocycles. The van der Waals surface area contributed by atoms with Crippen molar-refractivity contribution in [1.82, 2.24) is 10.2 Å². The standard InChI is InChI=1S/C29H54N2O2.H2/c1-5-8-10-12-14-16-18-20-26(25(4)19-17-15-13-11-9-6-2)27-24-28(32)31(29(27)33)23-22-30-21-7-3;/h19,26-27,30H,5-18,20-24H2,1-4H3;1H/b25-19+;. The van der Waals surface area contributed by atoms with Crippen LogP contribution in [-0.4, -0.2) is 36.3 Å². The van der Waals surface area contributed by atoms with Crippen LogP contribution in [-0.2, 0) is 9.59 Å². The normalized spacial score (nSPS) is 17.9. The Bertz CT molecular complexity index is 564. The summed E-state index contributed by atoms with van der Waals surface area (Å²) in [4.78, 5) is 27.4. The zero-order chi connectivity index (χ0) is 24.3. The van der Waals surface area contributed by atoms with Gasteiger partial charge in [0.15, 0.2) is 0 Å². The number of imide groups is 1.